The Kier molecular flexibility index (Phi) is 6.22. The highest BCUT2D eigenvalue weighted by Gasteiger charge is 2.11. The van der Waals surface area contributed by atoms with Gasteiger partial charge in [-0.2, -0.15) is 0 Å². The standard InChI is InChI=1S/C17H28N2/c1-2-13-18-14-15-9-11-17(12-10-15)19-16-7-5-3-4-6-8-16/h9-12,16,18-19H,2-8,13-14H2,1H3. The first-order valence-electron chi connectivity index (χ1n) is 7.94. The highest BCUT2D eigenvalue weighted by Crippen LogP contribution is 2.21. The minimum Gasteiger partial charge on any atom is -0.382 e. The Bertz CT molecular complexity index is 337. The van der Waals surface area contributed by atoms with Crippen LogP contribution in [0.4, 0.5) is 5.69 Å². The molecule has 0 atom stereocenters. The molecule has 2 rings (SSSR count). The minimum absolute atomic E-state index is 0.687. The van der Waals surface area contributed by atoms with E-state index < -0.39 is 0 Å². The van der Waals surface area contributed by atoms with Crippen molar-refractivity contribution in [1.29, 1.82) is 0 Å². The van der Waals surface area contributed by atoms with Gasteiger partial charge in [0.2, 0.25) is 0 Å². The maximum absolute atomic E-state index is 3.69. The van der Waals surface area contributed by atoms with E-state index in [4.69, 9.17) is 0 Å². The van der Waals surface area contributed by atoms with Gasteiger partial charge in [0, 0.05) is 18.3 Å². The molecule has 1 aromatic rings. The molecule has 1 aliphatic carbocycles. The van der Waals surface area contributed by atoms with Crippen molar-refractivity contribution in [3.05, 3.63) is 29.8 Å². The number of hydrogen-bond donors (Lipinski definition) is 2. The minimum atomic E-state index is 0.687. The van der Waals surface area contributed by atoms with Crippen molar-refractivity contribution in [3.8, 4) is 0 Å². The summed E-state index contributed by atoms with van der Waals surface area (Å²) in [4.78, 5) is 0. The van der Waals surface area contributed by atoms with Crippen LogP contribution in [0.25, 0.3) is 0 Å². The van der Waals surface area contributed by atoms with E-state index >= 15 is 0 Å². The molecule has 0 bridgehead atoms. The number of benzene rings is 1. The van der Waals surface area contributed by atoms with Gasteiger partial charge in [0.15, 0.2) is 0 Å². The SMILES string of the molecule is CCCNCc1ccc(NC2CCCCCC2)cc1. The summed E-state index contributed by atoms with van der Waals surface area (Å²) < 4.78 is 0. The zero-order chi connectivity index (χ0) is 13.3. The van der Waals surface area contributed by atoms with Gasteiger partial charge in [0.1, 0.15) is 0 Å². The average molecular weight is 260 g/mol. The lowest BCUT2D eigenvalue weighted by Gasteiger charge is -2.17. The maximum Gasteiger partial charge on any atom is 0.0342 e. The van der Waals surface area contributed by atoms with Crippen molar-refractivity contribution in [3.63, 3.8) is 0 Å². The van der Waals surface area contributed by atoms with Gasteiger partial charge in [-0.15, -0.1) is 0 Å². The molecule has 0 aromatic heterocycles. The van der Waals surface area contributed by atoms with E-state index in [2.05, 4.69) is 41.8 Å². The lowest BCUT2D eigenvalue weighted by molar-refractivity contribution is 0.620. The van der Waals surface area contributed by atoms with Crippen molar-refractivity contribution in [1.82, 2.24) is 5.32 Å². The quantitative estimate of drug-likeness (QED) is 0.588. The molecule has 106 valence electrons. The maximum atomic E-state index is 3.69. The molecule has 1 saturated carbocycles. The predicted octanol–water partition coefficient (Wildman–Crippen LogP) is 4.32. The highest BCUT2D eigenvalue weighted by atomic mass is 14.9. The Morgan fingerprint density at radius 2 is 1.68 bits per heavy atom. The summed E-state index contributed by atoms with van der Waals surface area (Å²) in [6, 6.07) is 9.62. The Hall–Kier alpha value is -1.02. The molecule has 0 aliphatic heterocycles. The van der Waals surface area contributed by atoms with Crippen LogP contribution in [0.3, 0.4) is 0 Å². The first-order chi connectivity index (χ1) is 9.38. The largest absolute Gasteiger partial charge is 0.382 e. The van der Waals surface area contributed by atoms with Crippen LogP contribution in [0.15, 0.2) is 24.3 Å². The van der Waals surface area contributed by atoms with E-state index in [1.54, 1.807) is 0 Å². The fourth-order valence-corrected chi connectivity index (χ4v) is 2.79. The second-order valence-corrected chi connectivity index (χ2v) is 5.71. The summed E-state index contributed by atoms with van der Waals surface area (Å²) in [6.45, 7) is 4.28. The van der Waals surface area contributed by atoms with E-state index in [-0.39, 0.29) is 0 Å². The third-order valence-electron chi connectivity index (χ3n) is 3.94. The first-order valence-corrected chi connectivity index (χ1v) is 7.94. The summed E-state index contributed by atoms with van der Waals surface area (Å²) in [5.41, 5.74) is 2.66. The smallest absolute Gasteiger partial charge is 0.0342 e. The number of hydrogen-bond acceptors (Lipinski definition) is 2. The monoisotopic (exact) mass is 260 g/mol. The molecule has 19 heavy (non-hydrogen) atoms. The van der Waals surface area contributed by atoms with Crippen LogP contribution >= 0.6 is 0 Å². The summed E-state index contributed by atoms with van der Waals surface area (Å²) in [6.07, 6.45) is 9.47. The van der Waals surface area contributed by atoms with Gasteiger partial charge in [0.25, 0.3) is 0 Å². The summed E-state index contributed by atoms with van der Waals surface area (Å²) in [5.74, 6) is 0. The van der Waals surface area contributed by atoms with Crippen LogP contribution in [-0.2, 0) is 6.54 Å². The fourth-order valence-electron chi connectivity index (χ4n) is 2.79. The van der Waals surface area contributed by atoms with Crippen molar-refractivity contribution in [2.75, 3.05) is 11.9 Å². The molecule has 0 heterocycles. The summed E-state index contributed by atoms with van der Waals surface area (Å²) in [7, 11) is 0. The van der Waals surface area contributed by atoms with Gasteiger partial charge in [-0.25, -0.2) is 0 Å². The first kappa shape index (κ1) is 14.4. The molecule has 0 unspecified atom stereocenters. The molecule has 1 aliphatic rings. The lowest BCUT2D eigenvalue weighted by atomic mass is 10.1. The van der Waals surface area contributed by atoms with Crippen LogP contribution in [0.5, 0.6) is 0 Å². The van der Waals surface area contributed by atoms with Crippen molar-refractivity contribution >= 4 is 5.69 Å². The summed E-state index contributed by atoms with van der Waals surface area (Å²) in [5, 5.41) is 7.13. The fraction of sp³-hybridized carbons (Fsp3) is 0.647. The van der Waals surface area contributed by atoms with Crippen LogP contribution in [0.1, 0.15) is 57.4 Å². The molecule has 0 amide bonds. The Morgan fingerprint density at radius 1 is 1.00 bits per heavy atom. The number of anilines is 1. The molecule has 2 nitrogen and oxygen atoms in total. The molecular weight excluding hydrogens is 232 g/mol. The third-order valence-corrected chi connectivity index (χ3v) is 3.94. The lowest BCUT2D eigenvalue weighted by Crippen LogP contribution is -2.18. The molecule has 1 fully saturated rings. The summed E-state index contributed by atoms with van der Waals surface area (Å²) >= 11 is 0. The van der Waals surface area contributed by atoms with Gasteiger partial charge in [-0.3, -0.25) is 0 Å². The van der Waals surface area contributed by atoms with E-state index in [0.717, 1.165) is 13.1 Å². The van der Waals surface area contributed by atoms with Gasteiger partial charge in [0.05, 0.1) is 0 Å². The van der Waals surface area contributed by atoms with Gasteiger partial charge < -0.3 is 10.6 Å². The molecule has 1 aromatic carbocycles. The predicted molar refractivity (Wildman–Crippen MR) is 83.6 cm³/mol. The Labute approximate surface area is 118 Å². The zero-order valence-corrected chi connectivity index (χ0v) is 12.3. The molecule has 0 radical (unpaired) electrons. The zero-order valence-electron chi connectivity index (χ0n) is 12.3. The van der Waals surface area contributed by atoms with E-state index in [1.165, 1.54) is 56.2 Å². The Balaban J connectivity index is 1.80. The van der Waals surface area contributed by atoms with Gasteiger partial charge >= 0.3 is 0 Å². The normalized spacial score (nSPS) is 17.1. The van der Waals surface area contributed by atoms with Crippen molar-refractivity contribution in [2.24, 2.45) is 0 Å². The third kappa shape index (κ3) is 5.23. The topological polar surface area (TPSA) is 24.1 Å². The molecular formula is C17H28N2. The van der Waals surface area contributed by atoms with E-state index in [1.807, 2.05) is 0 Å². The number of nitrogens with one attached hydrogen (secondary N) is 2. The van der Waals surface area contributed by atoms with Gasteiger partial charge in [-0.05, 0) is 43.5 Å². The average Bonchev–Trinajstić information content (AvgIpc) is 2.70. The molecule has 2 N–H and O–H groups in total. The second kappa shape index (κ2) is 8.21. The van der Waals surface area contributed by atoms with Crippen LogP contribution in [0, 0.1) is 0 Å². The van der Waals surface area contributed by atoms with Crippen molar-refractivity contribution < 1.29 is 0 Å². The Morgan fingerprint density at radius 3 is 2.32 bits per heavy atom. The molecule has 0 saturated heterocycles. The van der Waals surface area contributed by atoms with E-state index in [9.17, 15) is 0 Å². The second-order valence-electron chi connectivity index (χ2n) is 5.71. The van der Waals surface area contributed by atoms with Crippen LogP contribution in [-0.4, -0.2) is 12.6 Å². The van der Waals surface area contributed by atoms with Crippen LogP contribution in [0.2, 0.25) is 0 Å². The van der Waals surface area contributed by atoms with Crippen LogP contribution < -0.4 is 10.6 Å². The molecule has 0 spiro atoms. The van der Waals surface area contributed by atoms with E-state index in [0.29, 0.717) is 6.04 Å². The van der Waals surface area contributed by atoms with Gasteiger partial charge in [-0.1, -0.05) is 44.7 Å². The number of rotatable bonds is 6. The highest BCUT2D eigenvalue weighted by molar-refractivity contribution is 5.45. The molecule has 2 heteroatoms. The van der Waals surface area contributed by atoms with Crippen molar-refractivity contribution in [2.45, 2.75) is 64.5 Å².